The lowest BCUT2D eigenvalue weighted by molar-refractivity contribution is -0.139. The molecule has 7 nitrogen and oxygen atoms in total. The van der Waals surface area contributed by atoms with E-state index in [1.807, 2.05) is 6.92 Å². The van der Waals surface area contributed by atoms with Gasteiger partial charge in [-0.2, -0.15) is 0 Å². The number of ether oxygens (including phenoxy) is 2. The van der Waals surface area contributed by atoms with Gasteiger partial charge in [0, 0.05) is 12.0 Å². The smallest absolute Gasteiger partial charge is 0.334 e. The van der Waals surface area contributed by atoms with E-state index in [2.05, 4.69) is 6.92 Å². The Hall–Kier alpha value is -0.990. The van der Waals surface area contributed by atoms with Crippen LogP contribution in [-0.4, -0.2) is 69.1 Å². The summed E-state index contributed by atoms with van der Waals surface area (Å²) >= 11 is 0. The van der Waals surface area contributed by atoms with Gasteiger partial charge in [0.15, 0.2) is 0 Å². The van der Waals surface area contributed by atoms with Crippen molar-refractivity contribution in [3.8, 4) is 0 Å². The molecular weight excluding hydrogens is 556 g/mol. The molecule has 2 rings (SSSR count). The van der Waals surface area contributed by atoms with Gasteiger partial charge in [-0.3, -0.25) is 0 Å². The highest BCUT2D eigenvalue weighted by Gasteiger charge is 2.34. The highest BCUT2D eigenvalue weighted by Crippen LogP contribution is 2.28. The molecule has 0 aliphatic carbocycles. The van der Waals surface area contributed by atoms with Crippen molar-refractivity contribution in [2.45, 2.75) is 217 Å². The van der Waals surface area contributed by atoms with Crippen molar-refractivity contribution in [3.05, 3.63) is 11.6 Å². The minimum Gasteiger partial charge on any atom is -0.455 e. The maximum atomic E-state index is 11.7. The number of hydrogen-bond acceptors (Lipinski definition) is 7. The third-order valence-electron chi connectivity index (χ3n) is 9.61. The van der Waals surface area contributed by atoms with Gasteiger partial charge in [0.2, 0.25) is 0 Å². The zero-order valence-electron chi connectivity index (χ0n) is 28.3. The standard InChI is InChI=1S/C37H68O7/c1-3-4-5-6-7-8-9-10-11-18-23-33(40)35-25-26-36(44-35)34(41)24-19-13-12-15-20-31(38)21-16-14-17-22-32(39)28-30-27-29(2)43-37(30)42/h27,29,31-36,38-41H,3-26,28H2,1-2H3/t29-,31-,32+,33+,34+,35-,36+/m0/s1. The van der Waals surface area contributed by atoms with Gasteiger partial charge in [0.05, 0.1) is 36.6 Å². The SMILES string of the molecule is CCCCCCCCCCCC[C@@H](O)[C@@H]1CC[C@H]([C@H](O)CCCCCC[C@H](O)CCCCC[C@@H](O)CC2=C[C@H](C)OC2=O)O1. The molecule has 0 unspecified atom stereocenters. The Morgan fingerprint density at radius 3 is 1.50 bits per heavy atom. The molecule has 2 aliphatic heterocycles. The van der Waals surface area contributed by atoms with Gasteiger partial charge >= 0.3 is 5.97 Å². The van der Waals surface area contributed by atoms with Crippen LogP contribution in [0, 0.1) is 0 Å². The number of rotatable bonds is 28. The van der Waals surface area contributed by atoms with E-state index in [4.69, 9.17) is 9.47 Å². The number of aliphatic hydroxyl groups is 4. The van der Waals surface area contributed by atoms with E-state index < -0.39 is 18.3 Å². The lowest BCUT2D eigenvalue weighted by atomic mass is 9.99. The topological polar surface area (TPSA) is 116 Å². The number of carbonyl (C=O) groups is 1. The lowest BCUT2D eigenvalue weighted by Gasteiger charge is -2.22. The van der Waals surface area contributed by atoms with E-state index in [9.17, 15) is 25.2 Å². The molecule has 4 N–H and O–H groups in total. The summed E-state index contributed by atoms with van der Waals surface area (Å²) in [7, 11) is 0. The molecule has 0 radical (unpaired) electrons. The van der Waals surface area contributed by atoms with E-state index in [1.54, 1.807) is 6.08 Å². The van der Waals surface area contributed by atoms with Crippen LogP contribution >= 0.6 is 0 Å². The fourth-order valence-electron chi connectivity index (χ4n) is 6.77. The summed E-state index contributed by atoms with van der Waals surface area (Å²) < 4.78 is 11.1. The first-order valence-corrected chi connectivity index (χ1v) is 18.6. The third-order valence-corrected chi connectivity index (χ3v) is 9.61. The minimum atomic E-state index is -0.519. The van der Waals surface area contributed by atoms with Crippen molar-refractivity contribution in [2.24, 2.45) is 0 Å². The van der Waals surface area contributed by atoms with Gasteiger partial charge in [-0.25, -0.2) is 4.79 Å². The largest absolute Gasteiger partial charge is 0.455 e. The Morgan fingerprint density at radius 1 is 0.636 bits per heavy atom. The Bertz CT molecular complexity index is 756. The van der Waals surface area contributed by atoms with Crippen molar-refractivity contribution >= 4 is 5.97 Å². The fourth-order valence-corrected chi connectivity index (χ4v) is 6.77. The highest BCUT2D eigenvalue weighted by atomic mass is 16.5. The molecule has 2 aliphatic rings. The van der Waals surface area contributed by atoms with Crippen LogP contribution in [-0.2, 0) is 14.3 Å². The summed E-state index contributed by atoms with van der Waals surface area (Å²) in [5.74, 6) is -0.308. The summed E-state index contributed by atoms with van der Waals surface area (Å²) in [4.78, 5) is 11.7. The molecule has 0 saturated carbocycles. The van der Waals surface area contributed by atoms with Crippen LogP contribution in [0.5, 0.6) is 0 Å². The fraction of sp³-hybridized carbons (Fsp3) is 0.919. The summed E-state index contributed by atoms with van der Waals surface area (Å²) in [6.45, 7) is 4.08. The maximum Gasteiger partial charge on any atom is 0.334 e. The van der Waals surface area contributed by atoms with Crippen molar-refractivity contribution in [1.82, 2.24) is 0 Å². The van der Waals surface area contributed by atoms with Crippen LogP contribution in [0.1, 0.15) is 174 Å². The second-order valence-corrected chi connectivity index (χ2v) is 13.8. The summed E-state index contributed by atoms with van der Waals surface area (Å²) in [6, 6.07) is 0. The van der Waals surface area contributed by atoms with Gasteiger partial charge in [0.1, 0.15) is 6.10 Å². The molecular formula is C37H68O7. The molecule has 0 aromatic rings. The number of aliphatic hydroxyl groups excluding tert-OH is 4. The van der Waals surface area contributed by atoms with Crippen LogP contribution < -0.4 is 0 Å². The molecule has 0 bridgehead atoms. The number of unbranched alkanes of at least 4 members (excludes halogenated alkanes) is 14. The molecule has 1 saturated heterocycles. The van der Waals surface area contributed by atoms with Crippen molar-refractivity contribution in [2.75, 3.05) is 0 Å². The average Bonchev–Trinajstić information content (AvgIpc) is 3.61. The molecule has 0 aromatic carbocycles. The monoisotopic (exact) mass is 624 g/mol. The minimum absolute atomic E-state index is 0.126. The Labute approximate surface area is 269 Å². The van der Waals surface area contributed by atoms with Gasteiger partial charge in [-0.1, -0.05) is 116 Å². The first-order valence-electron chi connectivity index (χ1n) is 18.6. The van der Waals surface area contributed by atoms with Gasteiger partial charge in [-0.15, -0.1) is 0 Å². The zero-order valence-corrected chi connectivity index (χ0v) is 28.3. The van der Waals surface area contributed by atoms with Crippen LogP contribution in [0.2, 0.25) is 0 Å². The lowest BCUT2D eigenvalue weighted by Crippen LogP contribution is -2.31. The zero-order chi connectivity index (χ0) is 32.0. The molecule has 44 heavy (non-hydrogen) atoms. The molecule has 258 valence electrons. The summed E-state index contributed by atoms with van der Waals surface area (Å²) in [5.41, 5.74) is 0.584. The molecule has 7 atom stereocenters. The molecule has 0 spiro atoms. The summed E-state index contributed by atoms with van der Waals surface area (Å²) in [5, 5.41) is 41.7. The highest BCUT2D eigenvalue weighted by molar-refractivity contribution is 5.90. The Balaban J connectivity index is 1.38. The van der Waals surface area contributed by atoms with Crippen molar-refractivity contribution in [3.63, 3.8) is 0 Å². The number of esters is 1. The first kappa shape index (κ1) is 39.2. The van der Waals surface area contributed by atoms with Crippen LogP contribution in [0.15, 0.2) is 11.6 Å². The maximum absolute atomic E-state index is 11.7. The molecule has 7 heteroatoms. The van der Waals surface area contributed by atoms with Crippen molar-refractivity contribution < 1.29 is 34.7 Å². The Kier molecular flexibility index (Phi) is 21.6. The molecule has 0 amide bonds. The van der Waals surface area contributed by atoms with Crippen LogP contribution in [0.25, 0.3) is 0 Å². The summed E-state index contributed by atoms with van der Waals surface area (Å²) in [6.07, 6.45) is 25.3. The third kappa shape index (κ3) is 17.6. The van der Waals surface area contributed by atoms with E-state index in [1.165, 1.54) is 57.8 Å². The normalized spacial score (nSPS) is 23.0. The van der Waals surface area contributed by atoms with Gasteiger partial charge in [0.25, 0.3) is 0 Å². The predicted octanol–water partition coefficient (Wildman–Crippen LogP) is 7.84. The van der Waals surface area contributed by atoms with Gasteiger partial charge in [-0.05, 0) is 57.9 Å². The van der Waals surface area contributed by atoms with E-state index in [0.29, 0.717) is 18.4 Å². The number of carbonyl (C=O) groups excluding carboxylic acids is 1. The average molecular weight is 625 g/mol. The molecule has 2 heterocycles. The van der Waals surface area contributed by atoms with E-state index >= 15 is 0 Å². The van der Waals surface area contributed by atoms with E-state index in [-0.39, 0.29) is 30.4 Å². The molecule has 0 aromatic heterocycles. The Morgan fingerprint density at radius 2 is 1.05 bits per heavy atom. The number of hydrogen-bond donors (Lipinski definition) is 4. The van der Waals surface area contributed by atoms with Crippen molar-refractivity contribution in [1.29, 1.82) is 0 Å². The predicted molar refractivity (Wildman–Crippen MR) is 177 cm³/mol. The van der Waals surface area contributed by atoms with Crippen LogP contribution in [0.4, 0.5) is 0 Å². The van der Waals surface area contributed by atoms with Gasteiger partial charge < -0.3 is 29.9 Å². The first-order chi connectivity index (χ1) is 21.3. The number of cyclic esters (lactones) is 1. The second-order valence-electron chi connectivity index (χ2n) is 13.8. The molecule has 1 fully saturated rings. The second kappa shape index (κ2) is 24.2. The van der Waals surface area contributed by atoms with Crippen LogP contribution in [0.3, 0.4) is 0 Å². The van der Waals surface area contributed by atoms with E-state index in [0.717, 1.165) is 89.9 Å². The quantitative estimate of drug-likeness (QED) is 0.0518.